The van der Waals surface area contributed by atoms with E-state index >= 15 is 0 Å². The molecular weight excluding hydrogens is 448 g/mol. The molecule has 0 radical (unpaired) electrons. The largest absolute Gasteiger partial charge is 0.228 e. The van der Waals surface area contributed by atoms with Crippen molar-refractivity contribution in [3.8, 4) is 33.9 Å². The van der Waals surface area contributed by atoms with Gasteiger partial charge in [0.05, 0.1) is 11.4 Å². The summed E-state index contributed by atoms with van der Waals surface area (Å²) >= 11 is 0. The minimum Gasteiger partial charge on any atom is -0.228 e. The van der Waals surface area contributed by atoms with Gasteiger partial charge in [0.15, 0.2) is 5.82 Å². The Labute approximate surface area is 215 Å². The molecule has 0 fully saturated rings. The molecule has 0 aliphatic rings. The first-order chi connectivity index (χ1) is 18.3. The van der Waals surface area contributed by atoms with Crippen molar-refractivity contribution in [2.75, 3.05) is 0 Å². The molecule has 2 heteroatoms. The lowest BCUT2D eigenvalue weighted by molar-refractivity contribution is 1.18. The number of hydrogen-bond acceptors (Lipinski definition) is 2. The van der Waals surface area contributed by atoms with Crippen molar-refractivity contribution >= 4 is 32.3 Å². The zero-order valence-corrected chi connectivity index (χ0v) is 20.5. The SMILES string of the molecule is Cc1ccccc1-c1cc(-c2ccccc2)nc(-c2cc3ccc4ccccc4c3c3ccccc23)n1. The van der Waals surface area contributed by atoms with E-state index in [0.29, 0.717) is 0 Å². The first-order valence-corrected chi connectivity index (χ1v) is 12.6. The lowest BCUT2D eigenvalue weighted by atomic mass is 9.93. The Hall–Kier alpha value is -4.82. The maximum atomic E-state index is 5.17. The Balaban J connectivity index is 1.57. The lowest BCUT2D eigenvalue weighted by Crippen LogP contribution is -1.98. The highest BCUT2D eigenvalue weighted by atomic mass is 14.9. The van der Waals surface area contributed by atoms with Gasteiger partial charge in [-0.15, -0.1) is 0 Å². The number of benzene rings is 6. The second kappa shape index (κ2) is 8.69. The van der Waals surface area contributed by atoms with Gasteiger partial charge in [-0.2, -0.15) is 0 Å². The number of fused-ring (bicyclic) bond motifs is 5. The zero-order valence-electron chi connectivity index (χ0n) is 20.5. The van der Waals surface area contributed by atoms with E-state index in [0.717, 1.165) is 39.3 Å². The van der Waals surface area contributed by atoms with Gasteiger partial charge in [0, 0.05) is 16.7 Å². The van der Waals surface area contributed by atoms with Crippen LogP contribution < -0.4 is 0 Å². The summed E-state index contributed by atoms with van der Waals surface area (Å²) < 4.78 is 0. The standard InChI is InChI=1S/C35H24N2/c1-23-11-5-7-15-27(23)33-22-32(25-13-3-2-4-14-25)36-35(37-33)31-21-26-20-19-24-12-6-8-16-28(24)34(26)30-18-10-9-17-29(30)31/h2-22H,1H3. The van der Waals surface area contributed by atoms with Gasteiger partial charge in [-0.1, -0.05) is 115 Å². The summed E-state index contributed by atoms with van der Waals surface area (Å²) in [4.78, 5) is 10.3. The quantitative estimate of drug-likeness (QED) is 0.240. The second-order valence-electron chi connectivity index (χ2n) is 9.50. The average Bonchev–Trinajstić information content (AvgIpc) is 2.97. The number of rotatable bonds is 3. The molecule has 0 unspecified atom stereocenters. The van der Waals surface area contributed by atoms with Crippen LogP contribution in [0.1, 0.15) is 5.56 Å². The van der Waals surface area contributed by atoms with Gasteiger partial charge >= 0.3 is 0 Å². The second-order valence-corrected chi connectivity index (χ2v) is 9.50. The predicted octanol–water partition coefficient (Wildman–Crippen LogP) is 9.25. The Bertz CT molecular complexity index is 1940. The van der Waals surface area contributed by atoms with Crippen molar-refractivity contribution in [3.05, 3.63) is 133 Å². The van der Waals surface area contributed by atoms with Crippen LogP contribution in [0.25, 0.3) is 66.2 Å². The Morgan fingerprint density at radius 2 is 1.11 bits per heavy atom. The molecule has 0 amide bonds. The molecule has 1 heterocycles. The van der Waals surface area contributed by atoms with Crippen LogP contribution >= 0.6 is 0 Å². The molecule has 0 spiro atoms. The molecular formula is C35H24N2. The number of aryl methyl sites for hydroxylation is 1. The first-order valence-electron chi connectivity index (χ1n) is 12.6. The van der Waals surface area contributed by atoms with Crippen LogP contribution in [-0.2, 0) is 0 Å². The molecule has 7 aromatic rings. The third-order valence-corrected chi connectivity index (χ3v) is 7.21. The maximum absolute atomic E-state index is 5.17. The predicted molar refractivity (Wildman–Crippen MR) is 156 cm³/mol. The van der Waals surface area contributed by atoms with E-state index in [9.17, 15) is 0 Å². The molecule has 7 rings (SSSR count). The third kappa shape index (κ3) is 3.66. The summed E-state index contributed by atoms with van der Waals surface area (Å²) in [5.41, 5.74) is 6.31. The summed E-state index contributed by atoms with van der Waals surface area (Å²) in [6, 6.07) is 44.8. The minimum absolute atomic E-state index is 0.742. The third-order valence-electron chi connectivity index (χ3n) is 7.21. The molecule has 174 valence electrons. The molecule has 0 aliphatic heterocycles. The van der Waals surface area contributed by atoms with E-state index in [4.69, 9.17) is 9.97 Å². The van der Waals surface area contributed by atoms with E-state index in [1.807, 2.05) is 6.07 Å². The fourth-order valence-corrected chi connectivity index (χ4v) is 5.39. The normalized spacial score (nSPS) is 11.4. The molecule has 37 heavy (non-hydrogen) atoms. The van der Waals surface area contributed by atoms with Crippen molar-refractivity contribution < 1.29 is 0 Å². The van der Waals surface area contributed by atoms with Crippen molar-refractivity contribution in [1.82, 2.24) is 9.97 Å². The summed E-state index contributed by atoms with van der Waals surface area (Å²) in [5.74, 6) is 0.742. The highest BCUT2D eigenvalue weighted by molar-refractivity contribution is 6.23. The van der Waals surface area contributed by atoms with Gasteiger partial charge in [0.1, 0.15) is 0 Å². The molecule has 0 saturated heterocycles. The van der Waals surface area contributed by atoms with Crippen LogP contribution in [-0.4, -0.2) is 9.97 Å². The summed E-state index contributed by atoms with van der Waals surface area (Å²) in [5, 5.41) is 7.36. The minimum atomic E-state index is 0.742. The first kappa shape index (κ1) is 21.5. The molecule has 0 saturated carbocycles. The van der Waals surface area contributed by atoms with Gasteiger partial charge in [0.25, 0.3) is 0 Å². The Kier molecular flexibility index (Phi) is 5.04. The molecule has 2 nitrogen and oxygen atoms in total. The molecule has 0 aliphatic carbocycles. The number of nitrogens with zero attached hydrogens (tertiary/aromatic N) is 2. The Morgan fingerprint density at radius 3 is 1.95 bits per heavy atom. The molecule has 0 N–H and O–H groups in total. The number of hydrogen-bond donors (Lipinski definition) is 0. The van der Waals surface area contributed by atoms with Crippen LogP contribution in [0.2, 0.25) is 0 Å². The van der Waals surface area contributed by atoms with E-state index in [1.165, 1.54) is 32.5 Å². The van der Waals surface area contributed by atoms with Crippen LogP contribution in [0.4, 0.5) is 0 Å². The fourth-order valence-electron chi connectivity index (χ4n) is 5.39. The van der Waals surface area contributed by atoms with Crippen molar-refractivity contribution in [2.45, 2.75) is 6.92 Å². The van der Waals surface area contributed by atoms with Gasteiger partial charge in [-0.05, 0) is 56.9 Å². The molecule has 0 atom stereocenters. The topological polar surface area (TPSA) is 25.8 Å². The van der Waals surface area contributed by atoms with E-state index in [-0.39, 0.29) is 0 Å². The van der Waals surface area contributed by atoms with Crippen molar-refractivity contribution in [2.24, 2.45) is 0 Å². The molecule has 1 aromatic heterocycles. The van der Waals surface area contributed by atoms with Crippen LogP contribution in [0.15, 0.2) is 127 Å². The highest BCUT2D eigenvalue weighted by Gasteiger charge is 2.16. The fraction of sp³-hybridized carbons (Fsp3) is 0.0286. The van der Waals surface area contributed by atoms with Crippen molar-refractivity contribution in [3.63, 3.8) is 0 Å². The monoisotopic (exact) mass is 472 g/mol. The van der Waals surface area contributed by atoms with Gasteiger partial charge in [-0.3, -0.25) is 0 Å². The van der Waals surface area contributed by atoms with Crippen molar-refractivity contribution in [1.29, 1.82) is 0 Å². The maximum Gasteiger partial charge on any atom is 0.161 e. The summed E-state index contributed by atoms with van der Waals surface area (Å²) in [6.45, 7) is 2.13. The van der Waals surface area contributed by atoms with Crippen LogP contribution in [0, 0.1) is 6.92 Å². The molecule has 6 aromatic carbocycles. The van der Waals surface area contributed by atoms with Crippen LogP contribution in [0.5, 0.6) is 0 Å². The van der Waals surface area contributed by atoms with E-state index in [1.54, 1.807) is 0 Å². The Morgan fingerprint density at radius 1 is 0.459 bits per heavy atom. The molecule has 0 bridgehead atoms. The highest BCUT2D eigenvalue weighted by Crippen LogP contribution is 2.38. The van der Waals surface area contributed by atoms with Gasteiger partial charge < -0.3 is 0 Å². The zero-order chi connectivity index (χ0) is 24.8. The summed E-state index contributed by atoms with van der Waals surface area (Å²) in [7, 11) is 0. The number of aromatic nitrogens is 2. The van der Waals surface area contributed by atoms with Crippen LogP contribution in [0.3, 0.4) is 0 Å². The van der Waals surface area contributed by atoms with Gasteiger partial charge in [0.2, 0.25) is 0 Å². The average molecular weight is 473 g/mol. The summed E-state index contributed by atoms with van der Waals surface area (Å²) in [6.07, 6.45) is 0. The van der Waals surface area contributed by atoms with Gasteiger partial charge in [-0.25, -0.2) is 9.97 Å². The van der Waals surface area contributed by atoms with E-state index in [2.05, 4.69) is 128 Å². The van der Waals surface area contributed by atoms with E-state index < -0.39 is 0 Å². The lowest BCUT2D eigenvalue weighted by Gasteiger charge is -2.14. The smallest absolute Gasteiger partial charge is 0.161 e.